The van der Waals surface area contributed by atoms with Crippen molar-refractivity contribution in [2.75, 3.05) is 18.6 Å². The lowest BCUT2D eigenvalue weighted by atomic mass is 10.3. The van der Waals surface area contributed by atoms with E-state index in [0.29, 0.717) is 0 Å². The molecule has 0 fully saturated rings. The molecule has 1 aromatic heterocycles. The number of nitrogens with zero attached hydrogens (tertiary/aromatic N) is 2. The number of rotatable bonds is 8. The summed E-state index contributed by atoms with van der Waals surface area (Å²) in [6.45, 7) is 7.07. The number of thioether (sulfide) groups is 1. The van der Waals surface area contributed by atoms with Crippen LogP contribution in [0.4, 0.5) is 0 Å². The van der Waals surface area contributed by atoms with E-state index in [4.69, 9.17) is 0 Å². The summed E-state index contributed by atoms with van der Waals surface area (Å²) in [4.78, 5) is 0. The van der Waals surface area contributed by atoms with Gasteiger partial charge in [-0.1, -0.05) is 0 Å². The van der Waals surface area contributed by atoms with E-state index in [2.05, 4.69) is 44.2 Å². The molecule has 1 rings (SSSR count). The minimum Gasteiger partial charge on any atom is -0.311 e. The Hall–Kier alpha value is -0.0000000000000000555. The molecule has 0 unspecified atom stereocenters. The second-order valence-corrected chi connectivity index (χ2v) is 5.82. The Morgan fingerprint density at radius 2 is 2.18 bits per heavy atom. The van der Waals surface area contributed by atoms with Crippen LogP contribution in [0.5, 0.6) is 0 Å². The predicted octanol–water partition coefficient (Wildman–Crippen LogP) is 3.21. The fourth-order valence-corrected chi connectivity index (χ4v) is 2.66. The lowest BCUT2D eigenvalue weighted by Crippen LogP contribution is -2.18. The molecule has 0 atom stereocenters. The second-order valence-electron chi connectivity index (χ2n) is 4.04. The maximum absolute atomic E-state index is 4.48. The Balaban J connectivity index is 2.35. The third-order valence-corrected chi connectivity index (χ3v) is 4.43. The highest BCUT2D eigenvalue weighted by molar-refractivity contribution is 9.10. The monoisotopic (exact) mass is 319 g/mol. The molecule has 1 N–H and O–H groups in total. The average Bonchev–Trinajstić information content (AvgIpc) is 2.60. The third kappa shape index (κ3) is 4.64. The normalized spacial score (nSPS) is 11.1. The Kier molecular flexibility index (Phi) is 7.23. The fourth-order valence-electron chi connectivity index (χ4n) is 1.74. The van der Waals surface area contributed by atoms with Gasteiger partial charge in [0, 0.05) is 13.1 Å². The lowest BCUT2D eigenvalue weighted by molar-refractivity contribution is 0.569. The van der Waals surface area contributed by atoms with Crippen LogP contribution in [0.2, 0.25) is 0 Å². The number of aromatic nitrogens is 2. The zero-order chi connectivity index (χ0) is 12.7. The van der Waals surface area contributed by atoms with Crippen LogP contribution in [0.1, 0.15) is 31.2 Å². The van der Waals surface area contributed by atoms with Crippen LogP contribution in [0.3, 0.4) is 0 Å². The van der Waals surface area contributed by atoms with Gasteiger partial charge in [-0.3, -0.25) is 4.68 Å². The Labute approximate surface area is 117 Å². The van der Waals surface area contributed by atoms with E-state index >= 15 is 0 Å². The van der Waals surface area contributed by atoms with Crippen molar-refractivity contribution < 1.29 is 0 Å². The fraction of sp³-hybridized carbons (Fsp3) is 0.750. The molecule has 0 spiro atoms. The molecule has 0 aromatic carbocycles. The maximum atomic E-state index is 4.48. The summed E-state index contributed by atoms with van der Waals surface area (Å²) in [7, 11) is 0. The molecule has 3 nitrogen and oxygen atoms in total. The molecular formula is C12H22BrN3S. The van der Waals surface area contributed by atoms with E-state index < -0.39 is 0 Å². The first-order valence-corrected chi connectivity index (χ1v) is 8.30. The van der Waals surface area contributed by atoms with Gasteiger partial charge in [-0.05, 0) is 61.2 Å². The van der Waals surface area contributed by atoms with Gasteiger partial charge in [-0.2, -0.15) is 16.9 Å². The van der Waals surface area contributed by atoms with E-state index in [9.17, 15) is 0 Å². The molecule has 1 heterocycles. The molecular weight excluding hydrogens is 298 g/mol. The average molecular weight is 320 g/mol. The highest BCUT2D eigenvalue weighted by atomic mass is 79.9. The molecule has 0 radical (unpaired) electrons. The molecule has 0 saturated carbocycles. The smallest absolute Gasteiger partial charge is 0.0739 e. The number of nitrogens with one attached hydrogen (secondary N) is 1. The minimum atomic E-state index is 0.897. The van der Waals surface area contributed by atoms with Crippen LogP contribution < -0.4 is 5.32 Å². The van der Waals surface area contributed by atoms with Crippen LogP contribution in [0, 0.1) is 6.92 Å². The predicted molar refractivity (Wildman–Crippen MR) is 79.7 cm³/mol. The number of hydrogen-bond acceptors (Lipinski definition) is 3. The van der Waals surface area contributed by atoms with Crippen molar-refractivity contribution in [1.29, 1.82) is 0 Å². The summed E-state index contributed by atoms with van der Waals surface area (Å²) in [5, 5.41) is 7.97. The molecule has 0 aliphatic carbocycles. The summed E-state index contributed by atoms with van der Waals surface area (Å²) in [6.07, 6.45) is 4.70. The molecule has 0 aliphatic rings. The second kappa shape index (κ2) is 8.16. The van der Waals surface area contributed by atoms with Gasteiger partial charge in [-0.25, -0.2) is 0 Å². The number of aryl methyl sites for hydroxylation is 2. The zero-order valence-electron chi connectivity index (χ0n) is 10.9. The van der Waals surface area contributed by atoms with Crippen LogP contribution in [0.25, 0.3) is 0 Å². The highest BCUT2D eigenvalue weighted by Gasteiger charge is 2.10. The summed E-state index contributed by atoms with van der Waals surface area (Å²) in [5.41, 5.74) is 2.33. The topological polar surface area (TPSA) is 29.9 Å². The van der Waals surface area contributed by atoms with Gasteiger partial charge in [0.1, 0.15) is 0 Å². The first kappa shape index (κ1) is 15.1. The van der Waals surface area contributed by atoms with E-state index in [1.165, 1.54) is 24.3 Å². The third-order valence-electron chi connectivity index (χ3n) is 2.70. The first-order chi connectivity index (χ1) is 8.20. The van der Waals surface area contributed by atoms with E-state index in [1.807, 2.05) is 18.7 Å². The van der Waals surface area contributed by atoms with Crippen molar-refractivity contribution >= 4 is 27.7 Å². The van der Waals surface area contributed by atoms with Crippen molar-refractivity contribution in [1.82, 2.24) is 15.1 Å². The van der Waals surface area contributed by atoms with Crippen LogP contribution in [-0.2, 0) is 13.1 Å². The molecule has 0 amide bonds. The van der Waals surface area contributed by atoms with Crippen LogP contribution in [0.15, 0.2) is 4.47 Å². The minimum absolute atomic E-state index is 0.897. The molecule has 0 saturated heterocycles. The van der Waals surface area contributed by atoms with Gasteiger partial charge in [-0.15, -0.1) is 0 Å². The molecule has 1 aromatic rings. The molecule has 0 aliphatic heterocycles. The number of unbranched alkanes of at least 4 members (excludes halogenated alkanes) is 1. The van der Waals surface area contributed by atoms with Gasteiger partial charge in [0.15, 0.2) is 0 Å². The van der Waals surface area contributed by atoms with E-state index in [0.717, 1.165) is 29.8 Å². The maximum Gasteiger partial charge on any atom is 0.0739 e. The van der Waals surface area contributed by atoms with Gasteiger partial charge in [0.2, 0.25) is 0 Å². The van der Waals surface area contributed by atoms with Gasteiger partial charge >= 0.3 is 0 Å². The summed E-state index contributed by atoms with van der Waals surface area (Å²) >= 11 is 5.53. The van der Waals surface area contributed by atoms with Gasteiger partial charge in [0.05, 0.1) is 15.9 Å². The Morgan fingerprint density at radius 1 is 1.41 bits per heavy atom. The quantitative estimate of drug-likeness (QED) is 0.746. The zero-order valence-corrected chi connectivity index (χ0v) is 13.3. The van der Waals surface area contributed by atoms with E-state index in [1.54, 1.807) is 0 Å². The first-order valence-electron chi connectivity index (χ1n) is 6.12. The highest BCUT2D eigenvalue weighted by Crippen LogP contribution is 2.20. The van der Waals surface area contributed by atoms with Crippen LogP contribution >= 0.6 is 27.7 Å². The van der Waals surface area contributed by atoms with E-state index in [-0.39, 0.29) is 0 Å². The van der Waals surface area contributed by atoms with Gasteiger partial charge < -0.3 is 5.32 Å². The largest absolute Gasteiger partial charge is 0.311 e. The SMILES string of the molecule is CCn1nc(C)c(Br)c1CNCCCCSC. The van der Waals surface area contributed by atoms with Crippen molar-refractivity contribution in [2.45, 2.75) is 39.8 Å². The lowest BCUT2D eigenvalue weighted by Gasteiger charge is -2.07. The van der Waals surface area contributed by atoms with Crippen LogP contribution in [-0.4, -0.2) is 28.3 Å². The summed E-state index contributed by atoms with van der Waals surface area (Å²) in [5.74, 6) is 1.26. The Bertz CT molecular complexity index is 339. The molecule has 5 heteroatoms. The van der Waals surface area contributed by atoms with Crippen molar-refractivity contribution in [3.63, 3.8) is 0 Å². The Morgan fingerprint density at radius 3 is 2.82 bits per heavy atom. The van der Waals surface area contributed by atoms with Crippen molar-refractivity contribution in [3.05, 3.63) is 15.9 Å². The number of halogens is 1. The summed E-state index contributed by atoms with van der Waals surface area (Å²) in [6, 6.07) is 0. The van der Waals surface area contributed by atoms with Gasteiger partial charge in [0.25, 0.3) is 0 Å². The summed E-state index contributed by atoms with van der Waals surface area (Å²) < 4.78 is 3.21. The number of hydrogen-bond donors (Lipinski definition) is 1. The van der Waals surface area contributed by atoms with Crippen molar-refractivity contribution in [2.24, 2.45) is 0 Å². The molecule has 98 valence electrons. The standard InChI is InChI=1S/C12H22BrN3S/c1-4-16-11(12(13)10(2)15-16)9-14-7-5-6-8-17-3/h14H,4-9H2,1-3H3. The molecule has 17 heavy (non-hydrogen) atoms. The van der Waals surface area contributed by atoms with Crippen molar-refractivity contribution in [3.8, 4) is 0 Å². The molecule has 0 bridgehead atoms.